The van der Waals surface area contributed by atoms with Crippen LogP contribution in [0.4, 0.5) is 20.7 Å². The Morgan fingerprint density at radius 3 is 2.69 bits per heavy atom. The van der Waals surface area contributed by atoms with Crippen molar-refractivity contribution in [3.8, 4) is 17.1 Å². The average molecular weight is 558 g/mol. The Labute approximate surface area is 227 Å². The molecule has 39 heavy (non-hydrogen) atoms. The quantitative estimate of drug-likeness (QED) is 0.398. The van der Waals surface area contributed by atoms with Crippen LogP contribution in [0.5, 0.6) is 5.75 Å². The smallest absolute Gasteiger partial charge is 0.408 e. The summed E-state index contributed by atoms with van der Waals surface area (Å²) in [6, 6.07) is 4.02. The van der Waals surface area contributed by atoms with Crippen LogP contribution in [-0.2, 0) is 4.79 Å². The van der Waals surface area contributed by atoms with Crippen molar-refractivity contribution < 1.29 is 28.6 Å². The Morgan fingerprint density at radius 2 is 2.00 bits per heavy atom. The topological polar surface area (TPSA) is 150 Å². The maximum atomic E-state index is 14.4. The highest BCUT2D eigenvalue weighted by Crippen LogP contribution is 2.31. The number of rotatable bonds is 7. The minimum absolute atomic E-state index is 0.0367. The van der Waals surface area contributed by atoms with E-state index in [0.29, 0.717) is 10.7 Å². The van der Waals surface area contributed by atoms with Gasteiger partial charge in [-0.05, 0) is 30.7 Å². The lowest BCUT2D eigenvalue weighted by Crippen LogP contribution is -2.45. The molecule has 0 saturated carbocycles. The Balaban J connectivity index is 1.59. The van der Waals surface area contributed by atoms with Crippen LogP contribution in [0.25, 0.3) is 11.4 Å². The number of nitrogens with zero attached hydrogens (tertiary/aromatic N) is 5. The molecule has 0 bridgehead atoms. The van der Waals surface area contributed by atoms with Gasteiger partial charge in [0, 0.05) is 44.1 Å². The van der Waals surface area contributed by atoms with Gasteiger partial charge in [-0.1, -0.05) is 11.6 Å². The van der Waals surface area contributed by atoms with Crippen LogP contribution in [0.15, 0.2) is 42.9 Å². The standard InChI is InChI=1S/C25H25ClFN7O5/c1-33(2)24(36)19-9-14(12-34(19)25(37)38)30-23(35)16-10-28-7-6-18(16)31-22-20(39-3)11-29-21(32-22)15-8-13(26)4-5-17(15)27/h4-8,10-11,14,19H,9,12H2,1-3H3,(H,30,35)(H,37,38)(H,28,29,31,32). The number of methoxy groups -OCH3 is 1. The summed E-state index contributed by atoms with van der Waals surface area (Å²) in [4.78, 5) is 52.3. The average Bonchev–Trinajstić information content (AvgIpc) is 3.33. The van der Waals surface area contributed by atoms with E-state index in [-0.39, 0.29) is 47.4 Å². The molecule has 3 amide bonds. The molecule has 12 nitrogen and oxygen atoms in total. The molecule has 4 rings (SSSR count). The highest BCUT2D eigenvalue weighted by molar-refractivity contribution is 6.30. The van der Waals surface area contributed by atoms with Crippen LogP contribution < -0.4 is 15.4 Å². The number of anilines is 2. The summed E-state index contributed by atoms with van der Waals surface area (Å²) in [5.41, 5.74) is 0.496. The van der Waals surface area contributed by atoms with E-state index in [0.717, 1.165) is 4.90 Å². The normalized spacial score (nSPS) is 16.5. The first-order chi connectivity index (χ1) is 18.6. The van der Waals surface area contributed by atoms with Crippen LogP contribution in [0.2, 0.25) is 5.02 Å². The van der Waals surface area contributed by atoms with Gasteiger partial charge in [0.15, 0.2) is 17.4 Å². The van der Waals surface area contributed by atoms with E-state index in [9.17, 15) is 23.9 Å². The molecule has 0 spiro atoms. The highest BCUT2D eigenvalue weighted by Gasteiger charge is 2.41. The van der Waals surface area contributed by atoms with Crippen molar-refractivity contribution >= 4 is 41.0 Å². The van der Waals surface area contributed by atoms with Gasteiger partial charge in [0.2, 0.25) is 5.91 Å². The molecule has 3 aromatic rings. The molecule has 2 aromatic heterocycles. The number of likely N-dealkylation sites (N-methyl/N-ethyl adjacent to an activating group) is 1. The number of hydrogen-bond donors (Lipinski definition) is 3. The van der Waals surface area contributed by atoms with Crippen molar-refractivity contribution in [2.45, 2.75) is 18.5 Å². The summed E-state index contributed by atoms with van der Waals surface area (Å²) >= 11 is 6.02. The fourth-order valence-electron chi connectivity index (χ4n) is 4.17. The third kappa shape index (κ3) is 5.98. The second-order valence-corrected chi connectivity index (χ2v) is 9.31. The first kappa shape index (κ1) is 27.5. The Morgan fingerprint density at radius 1 is 1.23 bits per heavy atom. The monoisotopic (exact) mass is 557 g/mol. The first-order valence-corrected chi connectivity index (χ1v) is 12.1. The predicted octanol–water partition coefficient (Wildman–Crippen LogP) is 3.02. The van der Waals surface area contributed by atoms with Crippen molar-refractivity contribution in [1.29, 1.82) is 0 Å². The van der Waals surface area contributed by atoms with Gasteiger partial charge in [0.25, 0.3) is 5.91 Å². The van der Waals surface area contributed by atoms with Crippen LogP contribution in [0.3, 0.4) is 0 Å². The van der Waals surface area contributed by atoms with Gasteiger partial charge in [0.1, 0.15) is 11.9 Å². The van der Waals surface area contributed by atoms with Crippen LogP contribution >= 0.6 is 11.6 Å². The molecule has 0 radical (unpaired) electrons. The van der Waals surface area contributed by atoms with Crippen LogP contribution in [-0.4, -0.2) is 87.6 Å². The molecule has 0 aliphatic carbocycles. The number of carbonyl (C=O) groups excluding carboxylic acids is 2. The zero-order valence-corrected chi connectivity index (χ0v) is 21.9. The van der Waals surface area contributed by atoms with Gasteiger partial charge in [-0.25, -0.2) is 19.2 Å². The van der Waals surface area contributed by atoms with Crippen molar-refractivity contribution in [2.75, 3.05) is 33.1 Å². The summed E-state index contributed by atoms with van der Waals surface area (Å²) in [5.74, 6) is -1.08. The summed E-state index contributed by atoms with van der Waals surface area (Å²) < 4.78 is 19.8. The van der Waals surface area contributed by atoms with E-state index in [1.807, 2.05) is 0 Å². The van der Waals surface area contributed by atoms with Gasteiger partial charge in [-0.15, -0.1) is 0 Å². The van der Waals surface area contributed by atoms with Gasteiger partial charge < -0.3 is 25.4 Å². The molecule has 1 saturated heterocycles. The third-order valence-corrected chi connectivity index (χ3v) is 6.31. The maximum absolute atomic E-state index is 14.4. The Kier molecular flexibility index (Phi) is 8.10. The van der Waals surface area contributed by atoms with Crippen molar-refractivity contribution in [1.82, 2.24) is 30.1 Å². The van der Waals surface area contributed by atoms with Crippen LogP contribution in [0, 0.1) is 5.82 Å². The second-order valence-electron chi connectivity index (χ2n) is 8.87. The second kappa shape index (κ2) is 11.5. The van der Waals surface area contributed by atoms with E-state index in [1.165, 1.54) is 69.0 Å². The van der Waals surface area contributed by atoms with E-state index < -0.39 is 29.9 Å². The third-order valence-electron chi connectivity index (χ3n) is 6.07. The largest absolute Gasteiger partial charge is 0.491 e. The molecule has 14 heteroatoms. The minimum Gasteiger partial charge on any atom is -0.491 e. The molecule has 1 aliphatic rings. The molecule has 2 unspecified atom stereocenters. The highest BCUT2D eigenvalue weighted by atomic mass is 35.5. The number of nitrogens with one attached hydrogen (secondary N) is 2. The van der Waals surface area contributed by atoms with E-state index in [4.69, 9.17) is 16.3 Å². The molecular weight excluding hydrogens is 533 g/mol. The molecule has 1 aliphatic heterocycles. The molecule has 2 atom stereocenters. The lowest BCUT2D eigenvalue weighted by molar-refractivity contribution is -0.132. The summed E-state index contributed by atoms with van der Waals surface area (Å²) in [6.07, 6.45) is 3.00. The first-order valence-electron chi connectivity index (χ1n) is 11.7. The lowest BCUT2D eigenvalue weighted by Gasteiger charge is -2.23. The van der Waals surface area contributed by atoms with Crippen LogP contribution in [0.1, 0.15) is 16.8 Å². The van der Waals surface area contributed by atoms with E-state index in [1.54, 1.807) is 0 Å². The molecule has 3 heterocycles. The fourth-order valence-corrected chi connectivity index (χ4v) is 4.34. The van der Waals surface area contributed by atoms with Gasteiger partial charge in [-0.2, -0.15) is 0 Å². The van der Waals surface area contributed by atoms with Gasteiger partial charge >= 0.3 is 6.09 Å². The number of likely N-dealkylation sites (tertiary alicyclic amines) is 1. The molecule has 1 fully saturated rings. The molecule has 204 valence electrons. The van der Waals surface area contributed by atoms with E-state index in [2.05, 4.69) is 25.6 Å². The van der Waals surface area contributed by atoms with Crippen molar-refractivity contribution in [3.05, 3.63) is 59.3 Å². The van der Waals surface area contributed by atoms with Crippen molar-refractivity contribution in [3.63, 3.8) is 0 Å². The number of aromatic nitrogens is 3. The number of benzene rings is 1. The number of amides is 3. The minimum atomic E-state index is -1.25. The summed E-state index contributed by atoms with van der Waals surface area (Å²) in [6.45, 7) is -0.0529. The number of halogens is 2. The molecule has 1 aromatic carbocycles. The number of carboxylic acid groups (broad SMARTS) is 1. The van der Waals surface area contributed by atoms with Gasteiger partial charge in [-0.3, -0.25) is 19.5 Å². The van der Waals surface area contributed by atoms with E-state index >= 15 is 0 Å². The Hall–Kier alpha value is -4.52. The zero-order valence-electron chi connectivity index (χ0n) is 21.2. The Bertz CT molecular complexity index is 1420. The summed E-state index contributed by atoms with van der Waals surface area (Å²) in [7, 11) is 4.48. The molecule has 3 N–H and O–H groups in total. The lowest BCUT2D eigenvalue weighted by atomic mass is 10.1. The number of ether oxygens (including phenoxy) is 1. The summed E-state index contributed by atoms with van der Waals surface area (Å²) in [5, 5.41) is 15.6. The number of pyridine rings is 1. The SMILES string of the molecule is COc1cnc(-c2cc(Cl)ccc2F)nc1Nc1ccncc1C(=O)NC1CC(C(=O)N(C)C)N(C(=O)O)C1. The fraction of sp³-hybridized carbons (Fsp3) is 0.280. The predicted molar refractivity (Wildman–Crippen MR) is 140 cm³/mol. The van der Waals surface area contributed by atoms with Crippen molar-refractivity contribution in [2.24, 2.45) is 0 Å². The zero-order chi connectivity index (χ0) is 28.3. The van der Waals surface area contributed by atoms with Gasteiger partial charge in [0.05, 0.1) is 30.1 Å². The molecular formula is C25H25ClFN7O5. The number of hydrogen-bond acceptors (Lipinski definition) is 8. The number of carbonyl (C=O) groups is 3. The maximum Gasteiger partial charge on any atom is 0.408 e.